The molecule has 0 radical (unpaired) electrons. The van der Waals surface area contributed by atoms with Gasteiger partial charge in [0.05, 0.1) is 11.8 Å². The number of nitrogens with zero attached hydrogens (tertiary/aromatic N) is 1. The van der Waals surface area contributed by atoms with E-state index in [4.69, 9.17) is 5.73 Å². The van der Waals surface area contributed by atoms with Crippen molar-refractivity contribution in [1.29, 1.82) is 0 Å². The molecule has 0 saturated carbocycles. The van der Waals surface area contributed by atoms with Gasteiger partial charge in [-0.05, 0) is 31.9 Å². The largest absolute Gasteiger partial charge is 0.366 e. The maximum atomic E-state index is 11.2. The number of primary amides is 1. The third kappa shape index (κ3) is 5.35. The van der Waals surface area contributed by atoms with Crippen molar-refractivity contribution in [2.24, 2.45) is 5.73 Å². The summed E-state index contributed by atoms with van der Waals surface area (Å²) in [6, 6.07) is 2.23. The molecule has 0 aliphatic carbocycles. The normalized spacial score (nSPS) is 20.1. The molecule has 1 aromatic rings. The van der Waals surface area contributed by atoms with Gasteiger partial charge in [-0.3, -0.25) is 9.69 Å². The predicted octanol–water partition coefficient (Wildman–Crippen LogP) is 1.14. The Morgan fingerprint density at radius 2 is 2.27 bits per heavy atom. The number of amides is 1. The van der Waals surface area contributed by atoms with Crippen molar-refractivity contribution in [3.8, 4) is 0 Å². The van der Waals surface area contributed by atoms with Crippen LogP contribution in [-0.2, 0) is 16.6 Å². The van der Waals surface area contributed by atoms with Gasteiger partial charge in [0.25, 0.3) is 0 Å². The lowest BCUT2D eigenvalue weighted by Gasteiger charge is -2.35. The molecule has 1 amide bonds. The van der Waals surface area contributed by atoms with Crippen LogP contribution < -0.4 is 10.5 Å². The maximum absolute atomic E-state index is 11.2. The van der Waals surface area contributed by atoms with Crippen LogP contribution >= 0.6 is 11.3 Å². The van der Waals surface area contributed by atoms with E-state index in [2.05, 4.69) is 9.62 Å². The third-order valence-corrected chi connectivity index (χ3v) is 5.54. The minimum atomic E-state index is -3.13. The summed E-state index contributed by atoms with van der Waals surface area (Å²) in [4.78, 5) is 14.7. The molecule has 6 nitrogen and oxygen atoms in total. The molecule has 1 aliphatic heterocycles. The van der Waals surface area contributed by atoms with E-state index < -0.39 is 15.9 Å². The van der Waals surface area contributed by atoms with Crippen LogP contribution in [0.25, 0.3) is 0 Å². The number of hydrogen-bond donors (Lipinski definition) is 2. The summed E-state index contributed by atoms with van der Waals surface area (Å²) >= 11 is 1.55. The Bertz CT molecular complexity index is 613. The van der Waals surface area contributed by atoms with Crippen LogP contribution in [0.2, 0.25) is 0 Å². The number of carbonyl (C=O) groups excluding carboxylic acids is 1. The van der Waals surface area contributed by atoms with Gasteiger partial charge in [-0.2, -0.15) is 0 Å². The number of nitrogens with one attached hydrogen (secondary N) is 1. The van der Waals surface area contributed by atoms with Gasteiger partial charge in [-0.25, -0.2) is 13.1 Å². The molecule has 2 rings (SSSR count). The maximum Gasteiger partial charge on any atom is 0.249 e. The van der Waals surface area contributed by atoms with Gasteiger partial charge in [0.15, 0.2) is 0 Å². The van der Waals surface area contributed by atoms with Crippen LogP contribution in [0, 0.1) is 0 Å². The average Bonchev–Trinajstić information content (AvgIpc) is 2.88. The molecule has 22 heavy (non-hydrogen) atoms. The highest BCUT2D eigenvalue weighted by Crippen LogP contribution is 2.24. The standard InChI is InChI=1S/C14H23N3O3S2/c1-22(19,20)16-6-5-12-4-2-3-7-17(12)9-13-8-11(10-21-13)14(15)18/h8,10,12,16H,2-7,9H2,1H3,(H2,15,18). The van der Waals surface area contributed by atoms with Gasteiger partial charge < -0.3 is 5.73 Å². The monoisotopic (exact) mass is 345 g/mol. The zero-order valence-corrected chi connectivity index (χ0v) is 14.4. The molecule has 1 unspecified atom stereocenters. The first-order chi connectivity index (χ1) is 10.3. The Labute approximate surface area is 135 Å². The number of carbonyl (C=O) groups is 1. The molecule has 124 valence electrons. The van der Waals surface area contributed by atoms with E-state index in [-0.39, 0.29) is 0 Å². The molecule has 1 aliphatic rings. The number of rotatable bonds is 7. The smallest absolute Gasteiger partial charge is 0.249 e. The number of hydrogen-bond acceptors (Lipinski definition) is 5. The molecular weight excluding hydrogens is 322 g/mol. The molecule has 1 atom stereocenters. The quantitative estimate of drug-likeness (QED) is 0.775. The Hall–Kier alpha value is -0.960. The number of thiophene rings is 1. The van der Waals surface area contributed by atoms with Gasteiger partial charge in [0.2, 0.25) is 15.9 Å². The van der Waals surface area contributed by atoms with Gasteiger partial charge in [0, 0.05) is 29.4 Å². The lowest BCUT2D eigenvalue weighted by molar-refractivity contribution is 0.100. The van der Waals surface area contributed by atoms with E-state index in [9.17, 15) is 13.2 Å². The fourth-order valence-electron chi connectivity index (χ4n) is 2.80. The number of nitrogens with two attached hydrogens (primary N) is 1. The van der Waals surface area contributed by atoms with Crippen LogP contribution in [0.5, 0.6) is 0 Å². The van der Waals surface area contributed by atoms with Crippen molar-refractivity contribution < 1.29 is 13.2 Å². The van der Waals surface area contributed by atoms with Crippen LogP contribution in [0.15, 0.2) is 11.4 Å². The Morgan fingerprint density at radius 3 is 2.91 bits per heavy atom. The molecule has 0 spiro atoms. The molecule has 0 bridgehead atoms. The molecule has 0 aromatic carbocycles. The minimum absolute atomic E-state index is 0.377. The van der Waals surface area contributed by atoms with E-state index in [0.29, 0.717) is 18.2 Å². The number of likely N-dealkylation sites (tertiary alicyclic amines) is 1. The number of sulfonamides is 1. The van der Waals surface area contributed by atoms with E-state index >= 15 is 0 Å². The molecule has 3 N–H and O–H groups in total. The fraction of sp³-hybridized carbons (Fsp3) is 0.643. The van der Waals surface area contributed by atoms with Crippen molar-refractivity contribution in [1.82, 2.24) is 9.62 Å². The highest BCUT2D eigenvalue weighted by atomic mass is 32.2. The average molecular weight is 345 g/mol. The summed E-state index contributed by atoms with van der Waals surface area (Å²) < 4.78 is 24.9. The highest BCUT2D eigenvalue weighted by Gasteiger charge is 2.23. The predicted molar refractivity (Wildman–Crippen MR) is 88.3 cm³/mol. The van der Waals surface area contributed by atoms with Crippen LogP contribution in [0.3, 0.4) is 0 Å². The second kappa shape index (κ2) is 7.54. The molecular formula is C14H23N3O3S2. The molecule has 8 heteroatoms. The zero-order valence-electron chi connectivity index (χ0n) is 12.7. The van der Waals surface area contributed by atoms with Gasteiger partial charge in [0.1, 0.15) is 0 Å². The first-order valence-corrected chi connectivity index (χ1v) is 10.2. The van der Waals surface area contributed by atoms with Gasteiger partial charge >= 0.3 is 0 Å². The Kier molecular flexibility index (Phi) is 5.96. The van der Waals surface area contributed by atoms with E-state index in [1.54, 1.807) is 16.7 Å². The molecule has 2 heterocycles. The van der Waals surface area contributed by atoms with Gasteiger partial charge in [-0.1, -0.05) is 6.42 Å². The summed E-state index contributed by atoms with van der Waals surface area (Å²) in [5.41, 5.74) is 5.85. The van der Waals surface area contributed by atoms with E-state index in [1.165, 1.54) is 12.7 Å². The highest BCUT2D eigenvalue weighted by molar-refractivity contribution is 7.88. The SMILES string of the molecule is CS(=O)(=O)NCCC1CCCCN1Cc1cc(C(N)=O)cs1. The lowest BCUT2D eigenvalue weighted by Crippen LogP contribution is -2.40. The minimum Gasteiger partial charge on any atom is -0.366 e. The lowest BCUT2D eigenvalue weighted by atomic mass is 9.99. The zero-order chi connectivity index (χ0) is 16.2. The van der Waals surface area contributed by atoms with Crippen LogP contribution in [0.4, 0.5) is 0 Å². The summed E-state index contributed by atoms with van der Waals surface area (Å²) in [5.74, 6) is -0.393. The molecule has 1 aromatic heterocycles. The van der Waals surface area contributed by atoms with Gasteiger partial charge in [-0.15, -0.1) is 11.3 Å². The van der Waals surface area contributed by atoms with Crippen LogP contribution in [0.1, 0.15) is 40.9 Å². The van der Waals surface area contributed by atoms with Crippen molar-refractivity contribution in [2.45, 2.75) is 38.3 Å². The van der Waals surface area contributed by atoms with Crippen molar-refractivity contribution in [2.75, 3.05) is 19.3 Å². The molecule has 1 saturated heterocycles. The van der Waals surface area contributed by atoms with Crippen LogP contribution in [-0.4, -0.2) is 44.6 Å². The Balaban J connectivity index is 1.92. The molecule has 1 fully saturated rings. The number of piperidine rings is 1. The van der Waals surface area contributed by atoms with Crippen molar-refractivity contribution in [3.63, 3.8) is 0 Å². The first-order valence-electron chi connectivity index (χ1n) is 7.41. The topological polar surface area (TPSA) is 92.5 Å². The third-order valence-electron chi connectivity index (χ3n) is 3.89. The first kappa shape index (κ1) is 17.4. The van der Waals surface area contributed by atoms with E-state index in [1.807, 2.05) is 6.07 Å². The fourth-order valence-corrected chi connectivity index (χ4v) is 4.19. The summed E-state index contributed by atoms with van der Waals surface area (Å²) in [6.07, 6.45) is 5.41. The summed E-state index contributed by atoms with van der Waals surface area (Å²) in [6.45, 7) is 2.27. The summed E-state index contributed by atoms with van der Waals surface area (Å²) in [7, 11) is -3.13. The Morgan fingerprint density at radius 1 is 1.50 bits per heavy atom. The van der Waals surface area contributed by atoms with Crippen molar-refractivity contribution >= 4 is 27.3 Å². The van der Waals surface area contributed by atoms with E-state index in [0.717, 1.165) is 37.2 Å². The van der Waals surface area contributed by atoms with Crippen molar-refractivity contribution in [3.05, 3.63) is 21.9 Å². The second-order valence-corrected chi connectivity index (χ2v) is 8.57. The second-order valence-electron chi connectivity index (χ2n) is 5.74. The summed E-state index contributed by atoms with van der Waals surface area (Å²) in [5, 5.41) is 1.79.